The van der Waals surface area contributed by atoms with E-state index in [1.165, 1.54) is 0 Å². The molecule has 0 radical (unpaired) electrons. The SMILES string of the molecule is C[N+](C)(C)C(C#N)c1ccc(C#N)cc1. The number of benzene rings is 1. The fourth-order valence-electron chi connectivity index (χ4n) is 1.43. The van der Waals surface area contributed by atoms with E-state index in [-0.39, 0.29) is 6.04 Å². The van der Waals surface area contributed by atoms with Gasteiger partial charge in [0.05, 0.1) is 32.8 Å². The minimum Gasteiger partial charge on any atom is -0.313 e. The zero-order chi connectivity index (χ0) is 11.5. The highest BCUT2D eigenvalue weighted by Crippen LogP contribution is 2.22. The van der Waals surface area contributed by atoms with E-state index in [0.717, 1.165) is 5.56 Å². The molecule has 0 saturated carbocycles. The largest absolute Gasteiger partial charge is 0.313 e. The summed E-state index contributed by atoms with van der Waals surface area (Å²) in [6, 6.07) is 11.3. The summed E-state index contributed by atoms with van der Waals surface area (Å²) in [6.45, 7) is 0. The first kappa shape index (κ1) is 11.2. The van der Waals surface area contributed by atoms with Crippen LogP contribution in [0.3, 0.4) is 0 Å². The molecule has 15 heavy (non-hydrogen) atoms. The van der Waals surface area contributed by atoms with Crippen LogP contribution in [0.4, 0.5) is 0 Å². The molecule has 0 aliphatic heterocycles. The summed E-state index contributed by atoms with van der Waals surface area (Å²) in [5, 5.41) is 17.8. The van der Waals surface area contributed by atoms with Gasteiger partial charge in [0.15, 0.2) is 0 Å². The van der Waals surface area contributed by atoms with Crippen molar-refractivity contribution in [2.24, 2.45) is 0 Å². The second kappa shape index (κ2) is 4.13. The Balaban J connectivity index is 3.07. The van der Waals surface area contributed by atoms with Gasteiger partial charge in [-0.25, -0.2) is 0 Å². The van der Waals surface area contributed by atoms with Crippen molar-refractivity contribution >= 4 is 0 Å². The maximum Gasteiger partial charge on any atom is 0.201 e. The molecule has 0 aromatic heterocycles. The second-order valence-electron chi connectivity index (χ2n) is 4.38. The minimum atomic E-state index is -0.197. The molecule has 1 rings (SSSR count). The Morgan fingerprint density at radius 2 is 1.60 bits per heavy atom. The van der Waals surface area contributed by atoms with Gasteiger partial charge >= 0.3 is 0 Å². The summed E-state index contributed by atoms with van der Waals surface area (Å²) in [6.07, 6.45) is 0. The smallest absolute Gasteiger partial charge is 0.201 e. The summed E-state index contributed by atoms with van der Waals surface area (Å²) in [4.78, 5) is 0. The van der Waals surface area contributed by atoms with Crippen LogP contribution in [0.5, 0.6) is 0 Å². The summed E-state index contributed by atoms with van der Waals surface area (Å²) < 4.78 is 0.558. The zero-order valence-corrected chi connectivity index (χ0v) is 9.23. The van der Waals surface area contributed by atoms with Gasteiger partial charge in [0, 0.05) is 5.56 Å². The first-order valence-electron chi connectivity index (χ1n) is 4.70. The van der Waals surface area contributed by atoms with Crippen LogP contribution >= 0.6 is 0 Å². The highest BCUT2D eigenvalue weighted by molar-refractivity contribution is 5.33. The first-order valence-corrected chi connectivity index (χ1v) is 4.70. The quantitative estimate of drug-likeness (QED) is 0.684. The van der Waals surface area contributed by atoms with Crippen molar-refractivity contribution in [1.29, 1.82) is 10.5 Å². The molecule has 0 N–H and O–H groups in total. The van der Waals surface area contributed by atoms with Gasteiger partial charge in [0.1, 0.15) is 6.07 Å². The van der Waals surface area contributed by atoms with E-state index in [1.807, 2.05) is 33.3 Å². The predicted octanol–water partition coefficient (Wildman–Crippen LogP) is 1.83. The van der Waals surface area contributed by atoms with Crippen molar-refractivity contribution in [3.05, 3.63) is 35.4 Å². The van der Waals surface area contributed by atoms with Gasteiger partial charge in [0.2, 0.25) is 6.04 Å². The minimum absolute atomic E-state index is 0.197. The monoisotopic (exact) mass is 200 g/mol. The molecular formula is C12H14N3+. The highest BCUT2D eigenvalue weighted by Gasteiger charge is 2.24. The lowest BCUT2D eigenvalue weighted by Crippen LogP contribution is -2.38. The summed E-state index contributed by atoms with van der Waals surface area (Å²) in [5.74, 6) is 0. The summed E-state index contributed by atoms with van der Waals surface area (Å²) in [7, 11) is 5.93. The normalized spacial score (nSPS) is 12.6. The Morgan fingerprint density at radius 1 is 1.07 bits per heavy atom. The Hall–Kier alpha value is -1.84. The van der Waals surface area contributed by atoms with Gasteiger partial charge in [-0.2, -0.15) is 10.5 Å². The molecule has 1 unspecified atom stereocenters. The molecule has 1 atom stereocenters. The number of quaternary nitrogens is 1. The van der Waals surface area contributed by atoms with Crippen LogP contribution in [-0.2, 0) is 0 Å². The van der Waals surface area contributed by atoms with Gasteiger partial charge < -0.3 is 4.48 Å². The van der Waals surface area contributed by atoms with Crippen LogP contribution in [0.1, 0.15) is 17.2 Å². The van der Waals surface area contributed by atoms with Crippen molar-refractivity contribution in [3.63, 3.8) is 0 Å². The van der Waals surface area contributed by atoms with Crippen LogP contribution in [0.25, 0.3) is 0 Å². The molecule has 0 fully saturated rings. The maximum atomic E-state index is 9.11. The highest BCUT2D eigenvalue weighted by atomic mass is 15.3. The number of hydrogen-bond acceptors (Lipinski definition) is 2. The van der Waals surface area contributed by atoms with E-state index in [0.29, 0.717) is 10.0 Å². The maximum absolute atomic E-state index is 9.11. The fraction of sp³-hybridized carbons (Fsp3) is 0.333. The molecule has 0 spiro atoms. The molecule has 0 saturated heterocycles. The van der Waals surface area contributed by atoms with Crippen molar-refractivity contribution in [1.82, 2.24) is 0 Å². The molecule has 0 bridgehead atoms. The molecule has 0 aliphatic rings. The lowest BCUT2D eigenvalue weighted by Gasteiger charge is -2.29. The van der Waals surface area contributed by atoms with E-state index in [4.69, 9.17) is 10.5 Å². The van der Waals surface area contributed by atoms with Crippen LogP contribution < -0.4 is 0 Å². The molecule has 3 nitrogen and oxygen atoms in total. The van der Waals surface area contributed by atoms with Gasteiger partial charge in [-0.15, -0.1) is 0 Å². The summed E-state index contributed by atoms with van der Waals surface area (Å²) >= 11 is 0. The number of rotatable bonds is 2. The van der Waals surface area contributed by atoms with Crippen molar-refractivity contribution < 1.29 is 4.48 Å². The number of nitrogens with zero attached hydrogens (tertiary/aromatic N) is 3. The lowest BCUT2D eigenvalue weighted by atomic mass is 10.0. The third kappa shape index (κ3) is 2.56. The average Bonchev–Trinajstić information content (AvgIpc) is 2.18. The zero-order valence-electron chi connectivity index (χ0n) is 9.23. The van der Waals surface area contributed by atoms with E-state index >= 15 is 0 Å². The third-order valence-corrected chi connectivity index (χ3v) is 2.25. The van der Waals surface area contributed by atoms with E-state index in [2.05, 4.69) is 12.1 Å². The van der Waals surface area contributed by atoms with Crippen LogP contribution in [0.2, 0.25) is 0 Å². The van der Waals surface area contributed by atoms with E-state index < -0.39 is 0 Å². The van der Waals surface area contributed by atoms with Gasteiger partial charge in [-0.1, -0.05) is 12.1 Å². The number of hydrogen-bond donors (Lipinski definition) is 0. The Morgan fingerprint density at radius 3 is 1.93 bits per heavy atom. The van der Waals surface area contributed by atoms with Crippen molar-refractivity contribution in [2.75, 3.05) is 21.1 Å². The predicted molar refractivity (Wildman–Crippen MR) is 57.5 cm³/mol. The van der Waals surface area contributed by atoms with Crippen molar-refractivity contribution in [3.8, 4) is 12.1 Å². The molecule has 0 amide bonds. The van der Waals surface area contributed by atoms with Crippen molar-refractivity contribution in [2.45, 2.75) is 6.04 Å². The Labute approximate surface area is 90.4 Å². The Kier molecular flexibility index (Phi) is 3.09. The molecule has 0 heterocycles. The lowest BCUT2D eigenvalue weighted by molar-refractivity contribution is -0.893. The molecule has 1 aromatic carbocycles. The number of nitriles is 2. The molecule has 0 aliphatic carbocycles. The topological polar surface area (TPSA) is 47.6 Å². The van der Waals surface area contributed by atoms with Crippen LogP contribution in [0.15, 0.2) is 24.3 Å². The first-order chi connectivity index (χ1) is 6.99. The summed E-state index contributed by atoms with van der Waals surface area (Å²) in [5.41, 5.74) is 1.57. The molecular weight excluding hydrogens is 186 g/mol. The van der Waals surface area contributed by atoms with Gasteiger partial charge in [-0.3, -0.25) is 0 Å². The van der Waals surface area contributed by atoms with Gasteiger partial charge in [-0.05, 0) is 12.1 Å². The fourth-order valence-corrected chi connectivity index (χ4v) is 1.43. The van der Waals surface area contributed by atoms with E-state index in [9.17, 15) is 0 Å². The molecule has 3 heteroatoms. The van der Waals surface area contributed by atoms with Gasteiger partial charge in [0.25, 0.3) is 0 Å². The van der Waals surface area contributed by atoms with Crippen LogP contribution in [0, 0.1) is 22.7 Å². The second-order valence-corrected chi connectivity index (χ2v) is 4.38. The Bertz CT molecular complexity index is 412. The molecule has 1 aromatic rings. The average molecular weight is 200 g/mol. The standard InChI is InChI=1S/C12H14N3/c1-15(2,3)12(9-14)11-6-4-10(8-13)5-7-11/h4-7,12H,1-3H3/q+1. The molecule has 76 valence electrons. The van der Waals surface area contributed by atoms with E-state index in [1.54, 1.807) is 12.1 Å². The third-order valence-electron chi connectivity index (χ3n) is 2.25. The van der Waals surface area contributed by atoms with Crippen LogP contribution in [-0.4, -0.2) is 25.6 Å².